The van der Waals surface area contributed by atoms with Crippen LogP contribution in [0.4, 0.5) is 4.79 Å². The minimum atomic E-state index is -0.621. The topological polar surface area (TPSA) is 88.0 Å². The number of nitrogens with zero attached hydrogens (tertiary/aromatic N) is 5. The van der Waals surface area contributed by atoms with Crippen molar-refractivity contribution in [2.75, 3.05) is 0 Å². The second-order valence-electron chi connectivity index (χ2n) is 7.77. The van der Waals surface area contributed by atoms with E-state index in [2.05, 4.69) is 31.2 Å². The largest absolute Gasteiger partial charge is 0.443 e. The molecular weight excluding hydrogens is 438 g/mol. The van der Waals surface area contributed by atoms with Gasteiger partial charge in [-0.1, -0.05) is 5.16 Å². The average molecular weight is 458 g/mol. The molecule has 0 spiro atoms. The molecule has 0 N–H and O–H groups in total. The number of fused-ring (bicyclic) bond motifs is 1. The van der Waals surface area contributed by atoms with Gasteiger partial charge in [-0.25, -0.2) is 14.3 Å². The summed E-state index contributed by atoms with van der Waals surface area (Å²) in [5, 5.41) is 9.23. The van der Waals surface area contributed by atoms with E-state index in [0.29, 0.717) is 22.4 Å². The molecule has 0 aliphatic rings. The molecule has 4 aromatic rings. The SMILES string of the molecule is Cc1cc(Cn2cc(-c3cc4cnc(Br)cc4n3C(=O)OC(C)(C)C)cn2)no1. The minimum Gasteiger partial charge on any atom is -0.443 e. The summed E-state index contributed by atoms with van der Waals surface area (Å²) >= 11 is 3.38. The molecule has 0 saturated carbocycles. The van der Waals surface area contributed by atoms with Gasteiger partial charge in [0.25, 0.3) is 0 Å². The quantitative estimate of drug-likeness (QED) is 0.411. The predicted molar refractivity (Wildman–Crippen MR) is 111 cm³/mol. The van der Waals surface area contributed by atoms with E-state index in [1.54, 1.807) is 27.7 Å². The van der Waals surface area contributed by atoms with E-state index in [-0.39, 0.29) is 0 Å². The summed E-state index contributed by atoms with van der Waals surface area (Å²) < 4.78 is 14.7. The standard InChI is InChI=1S/C20H20BrN5O3/c1-12-5-15(24-29-12)11-25-10-14(9-23-25)16-6-13-8-22-18(21)7-17(13)26(16)19(27)28-20(2,3)4/h5-10H,11H2,1-4H3. The number of rotatable bonds is 3. The first-order valence-corrected chi connectivity index (χ1v) is 9.84. The Morgan fingerprint density at radius 2 is 2.03 bits per heavy atom. The maximum absolute atomic E-state index is 13.0. The Morgan fingerprint density at radius 1 is 1.24 bits per heavy atom. The fourth-order valence-electron chi connectivity index (χ4n) is 3.03. The first-order chi connectivity index (χ1) is 13.7. The molecule has 0 unspecified atom stereocenters. The Kier molecular flexibility index (Phi) is 4.77. The molecule has 29 heavy (non-hydrogen) atoms. The lowest BCUT2D eigenvalue weighted by molar-refractivity contribution is 0.0547. The van der Waals surface area contributed by atoms with Crippen LogP contribution in [-0.2, 0) is 11.3 Å². The van der Waals surface area contributed by atoms with Crippen molar-refractivity contribution in [3.8, 4) is 11.3 Å². The number of carbonyl (C=O) groups excluding carboxylic acids is 1. The van der Waals surface area contributed by atoms with Crippen molar-refractivity contribution in [3.63, 3.8) is 0 Å². The lowest BCUT2D eigenvalue weighted by Gasteiger charge is -2.20. The van der Waals surface area contributed by atoms with Crippen molar-refractivity contribution in [3.05, 3.63) is 52.8 Å². The van der Waals surface area contributed by atoms with Gasteiger partial charge >= 0.3 is 6.09 Å². The Labute approximate surface area is 175 Å². The van der Waals surface area contributed by atoms with Gasteiger partial charge < -0.3 is 9.26 Å². The van der Waals surface area contributed by atoms with Gasteiger partial charge in [-0.05, 0) is 55.8 Å². The van der Waals surface area contributed by atoms with Gasteiger partial charge in [0.05, 0.1) is 24.0 Å². The maximum Gasteiger partial charge on any atom is 0.419 e. The second kappa shape index (κ2) is 7.14. The van der Waals surface area contributed by atoms with E-state index < -0.39 is 11.7 Å². The maximum atomic E-state index is 13.0. The highest BCUT2D eigenvalue weighted by Crippen LogP contribution is 2.30. The Hall–Kier alpha value is -2.94. The number of hydrogen-bond donors (Lipinski definition) is 0. The molecule has 0 amide bonds. The molecule has 9 heteroatoms. The summed E-state index contributed by atoms with van der Waals surface area (Å²) in [6.07, 6.45) is 4.83. The summed E-state index contributed by atoms with van der Waals surface area (Å²) in [6.45, 7) is 7.83. The van der Waals surface area contributed by atoms with Gasteiger partial charge in [0.2, 0.25) is 0 Å². The van der Waals surface area contributed by atoms with Crippen molar-refractivity contribution >= 4 is 32.9 Å². The van der Waals surface area contributed by atoms with Crippen LogP contribution in [0.25, 0.3) is 22.2 Å². The van der Waals surface area contributed by atoms with Crippen LogP contribution in [0, 0.1) is 6.92 Å². The van der Waals surface area contributed by atoms with E-state index >= 15 is 0 Å². The van der Waals surface area contributed by atoms with Crippen LogP contribution in [0.2, 0.25) is 0 Å². The van der Waals surface area contributed by atoms with Crippen molar-refractivity contribution < 1.29 is 14.1 Å². The van der Waals surface area contributed by atoms with Crippen LogP contribution >= 0.6 is 15.9 Å². The third-order valence-electron chi connectivity index (χ3n) is 4.16. The molecule has 0 aromatic carbocycles. The molecule has 4 aromatic heterocycles. The van der Waals surface area contributed by atoms with E-state index in [4.69, 9.17) is 9.26 Å². The van der Waals surface area contributed by atoms with E-state index in [0.717, 1.165) is 22.4 Å². The fourth-order valence-corrected chi connectivity index (χ4v) is 3.35. The van der Waals surface area contributed by atoms with Crippen LogP contribution < -0.4 is 0 Å². The molecule has 8 nitrogen and oxygen atoms in total. The zero-order valence-electron chi connectivity index (χ0n) is 16.5. The highest BCUT2D eigenvalue weighted by Gasteiger charge is 2.24. The molecule has 4 rings (SSSR count). The van der Waals surface area contributed by atoms with Gasteiger partial charge in [-0.3, -0.25) is 4.68 Å². The number of aryl methyl sites for hydroxylation is 1. The molecular formula is C20H20BrN5O3. The van der Waals surface area contributed by atoms with Crippen LogP contribution in [0.5, 0.6) is 0 Å². The van der Waals surface area contributed by atoms with Crippen molar-refractivity contribution in [2.24, 2.45) is 0 Å². The normalized spacial score (nSPS) is 11.9. The van der Waals surface area contributed by atoms with E-state index in [9.17, 15) is 4.79 Å². The molecule has 0 aliphatic heterocycles. The lowest BCUT2D eigenvalue weighted by Crippen LogP contribution is -2.27. The molecule has 0 atom stereocenters. The third kappa shape index (κ3) is 4.09. The number of aromatic nitrogens is 5. The lowest BCUT2D eigenvalue weighted by atomic mass is 10.2. The number of hydrogen-bond acceptors (Lipinski definition) is 6. The minimum absolute atomic E-state index is 0.458. The summed E-state index contributed by atoms with van der Waals surface area (Å²) in [4.78, 5) is 17.3. The Bertz CT molecular complexity index is 1200. The average Bonchev–Trinajstić information content (AvgIpc) is 3.31. The van der Waals surface area contributed by atoms with E-state index in [1.807, 2.05) is 46.0 Å². The van der Waals surface area contributed by atoms with Crippen molar-refractivity contribution in [2.45, 2.75) is 39.8 Å². The summed E-state index contributed by atoms with van der Waals surface area (Å²) in [7, 11) is 0. The zero-order chi connectivity index (χ0) is 20.8. The third-order valence-corrected chi connectivity index (χ3v) is 4.59. The first kappa shape index (κ1) is 19.4. The highest BCUT2D eigenvalue weighted by molar-refractivity contribution is 9.10. The van der Waals surface area contributed by atoms with Crippen molar-refractivity contribution in [1.29, 1.82) is 0 Å². The number of carbonyl (C=O) groups is 1. The number of ether oxygens (including phenoxy) is 1. The molecule has 0 fully saturated rings. The zero-order valence-corrected chi connectivity index (χ0v) is 18.1. The monoisotopic (exact) mass is 457 g/mol. The fraction of sp³-hybridized carbons (Fsp3) is 0.300. The second-order valence-corrected chi connectivity index (χ2v) is 8.58. The van der Waals surface area contributed by atoms with E-state index in [1.165, 1.54) is 0 Å². The molecule has 0 saturated heterocycles. The molecule has 0 radical (unpaired) electrons. The van der Waals surface area contributed by atoms with Crippen LogP contribution in [-0.4, -0.2) is 36.2 Å². The summed E-state index contributed by atoms with van der Waals surface area (Å²) in [5.74, 6) is 0.746. The van der Waals surface area contributed by atoms with Gasteiger partial charge in [0.15, 0.2) is 0 Å². The summed E-state index contributed by atoms with van der Waals surface area (Å²) in [5.41, 5.74) is 2.32. The number of halogens is 1. The van der Waals surface area contributed by atoms with Crippen molar-refractivity contribution in [1.82, 2.24) is 24.5 Å². The summed E-state index contributed by atoms with van der Waals surface area (Å²) in [6, 6.07) is 5.56. The molecule has 0 bridgehead atoms. The van der Waals surface area contributed by atoms with Gasteiger partial charge in [0, 0.05) is 29.4 Å². The smallest absolute Gasteiger partial charge is 0.419 e. The van der Waals surface area contributed by atoms with Crippen LogP contribution in [0.1, 0.15) is 32.2 Å². The molecule has 0 aliphatic carbocycles. The first-order valence-electron chi connectivity index (χ1n) is 9.05. The Morgan fingerprint density at radius 3 is 2.72 bits per heavy atom. The van der Waals surface area contributed by atoms with Crippen LogP contribution in [0.3, 0.4) is 0 Å². The van der Waals surface area contributed by atoms with Gasteiger partial charge in [0.1, 0.15) is 21.7 Å². The predicted octanol–water partition coefficient (Wildman–Crippen LogP) is 4.79. The van der Waals surface area contributed by atoms with Gasteiger partial charge in [-0.2, -0.15) is 5.10 Å². The number of pyridine rings is 1. The molecule has 4 heterocycles. The highest BCUT2D eigenvalue weighted by atomic mass is 79.9. The Balaban J connectivity index is 1.77. The molecule has 150 valence electrons. The van der Waals surface area contributed by atoms with Crippen LogP contribution in [0.15, 0.2) is 45.9 Å². The van der Waals surface area contributed by atoms with Gasteiger partial charge in [-0.15, -0.1) is 0 Å².